The second-order valence-corrected chi connectivity index (χ2v) is 7.71. The molecule has 112 valence electrons. The van der Waals surface area contributed by atoms with Gasteiger partial charge in [0.2, 0.25) is 10.0 Å². The van der Waals surface area contributed by atoms with E-state index in [0.717, 1.165) is 10.0 Å². The minimum atomic E-state index is -3.57. The molecule has 2 aromatic rings. The Bertz CT molecular complexity index is 699. The molecule has 3 nitrogen and oxygen atoms in total. The lowest BCUT2D eigenvalue weighted by Crippen LogP contribution is -2.42. The predicted molar refractivity (Wildman–Crippen MR) is 88.5 cm³/mol. The Morgan fingerprint density at radius 1 is 1.05 bits per heavy atom. The number of hydrogen-bond acceptors (Lipinski definition) is 2. The van der Waals surface area contributed by atoms with Crippen LogP contribution >= 0.6 is 15.9 Å². The van der Waals surface area contributed by atoms with Gasteiger partial charge in [0, 0.05) is 4.47 Å². The largest absolute Gasteiger partial charge is 0.241 e. The fourth-order valence-corrected chi connectivity index (χ4v) is 3.84. The summed E-state index contributed by atoms with van der Waals surface area (Å²) in [6.45, 7) is 3.87. The number of nitrogens with one attached hydrogen (secondary N) is 1. The molecule has 21 heavy (non-hydrogen) atoms. The highest BCUT2D eigenvalue weighted by molar-refractivity contribution is 9.10. The molecule has 0 amide bonds. The Kier molecular flexibility index (Phi) is 4.86. The molecule has 2 rings (SSSR count). The van der Waals surface area contributed by atoms with E-state index in [1.165, 1.54) is 0 Å². The minimum Gasteiger partial charge on any atom is -0.207 e. The van der Waals surface area contributed by atoms with Crippen molar-refractivity contribution in [2.75, 3.05) is 0 Å². The molecular formula is C16H18BrNO2S. The highest BCUT2D eigenvalue weighted by Gasteiger charge is 2.30. The maximum Gasteiger partial charge on any atom is 0.241 e. The minimum absolute atomic E-state index is 0.265. The zero-order valence-corrected chi connectivity index (χ0v) is 14.4. The van der Waals surface area contributed by atoms with Crippen LogP contribution in [0.4, 0.5) is 0 Å². The van der Waals surface area contributed by atoms with Gasteiger partial charge in [-0.15, -0.1) is 0 Å². The molecule has 0 aliphatic rings. The standard InChI is InChI=1S/C16H18BrNO2S/c1-3-16(2,13-7-5-4-6-8-13)18-21(19,20)15-11-9-14(17)10-12-15/h4-12,18H,3H2,1-2H3. The van der Waals surface area contributed by atoms with E-state index in [-0.39, 0.29) is 4.90 Å². The second-order valence-electron chi connectivity index (χ2n) is 5.11. The fourth-order valence-electron chi connectivity index (χ4n) is 2.11. The van der Waals surface area contributed by atoms with E-state index < -0.39 is 15.6 Å². The smallest absolute Gasteiger partial charge is 0.207 e. The highest BCUT2D eigenvalue weighted by atomic mass is 79.9. The summed E-state index contributed by atoms with van der Waals surface area (Å²) in [5.74, 6) is 0. The summed E-state index contributed by atoms with van der Waals surface area (Å²) >= 11 is 3.31. The molecule has 1 atom stereocenters. The fraction of sp³-hybridized carbons (Fsp3) is 0.250. The van der Waals surface area contributed by atoms with Crippen molar-refractivity contribution < 1.29 is 8.42 Å². The van der Waals surface area contributed by atoms with Crippen LogP contribution in [0.1, 0.15) is 25.8 Å². The van der Waals surface area contributed by atoms with Crippen LogP contribution in [0.15, 0.2) is 64.0 Å². The Labute approximate surface area is 134 Å². The van der Waals surface area contributed by atoms with Crippen molar-refractivity contribution in [3.63, 3.8) is 0 Å². The number of hydrogen-bond donors (Lipinski definition) is 1. The van der Waals surface area contributed by atoms with E-state index in [1.54, 1.807) is 24.3 Å². The van der Waals surface area contributed by atoms with E-state index in [4.69, 9.17) is 0 Å². The zero-order valence-electron chi connectivity index (χ0n) is 12.0. The van der Waals surface area contributed by atoms with Crippen LogP contribution in [0.5, 0.6) is 0 Å². The summed E-state index contributed by atoms with van der Waals surface area (Å²) < 4.78 is 28.8. The van der Waals surface area contributed by atoms with Gasteiger partial charge in [-0.05, 0) is 43.2 Å². The van der Waals surface area contributed by atoms with E-state index in [9.17, 15) is 8.42 Å². The second kappa shape index (κ2) is 6.30. The van der Waals surface area contributed by atoms with Crippen LogP contribution in [0, 0.1) is 0 Å². The van der Waals surface area contributed by atoms with Crippen LogP contribution in [-0.4, -0.2) is 8.42 Å². The van der Waals surface area contributed by atoms with E-state index in [2.05, 4.69) is 20.7 Å². The number of rotatable bonds is 5. The molecule has 0 radical (unpaired) electrons. The molecule has 5 heteroatoms. The first-order valence-electron chi connectivity index (χ1n) is 6.72. The molecule has 0 bridgehead atoms. The maximum absolute atomic E-state index is 12.6. The predicted octanol–water partition coefficient (Wildman–Crippen LogP) is 4.05. The molecular weight excluding hydrogens is 350 g/mol. The summed E-state index contributed by atoms with van der Waals surface area (Å²) in [5.41, 5.74) is 0.320. The molecule has 0 fully saturated rings. The molecule has 1 N–H and O–H groups in total. The van der Waals surface area contributed by atoms with Crippen molar-refractivity contribution in [3.05, 3.63) is 64.6 Å². The van der Waals surface area contributed by atoms with Crippen molar-refractivity contribution in [3.8, 4) is 0 Å². The average molecular weight is 368 g/mol. The maximum atomic E-state index is 12.6. The Balaban J connectivity index is 2.35. The molecule has 0 saturated carbocycles. The van der Waals surface area contributed by atoms with E-state index in [1.807, 2.05) is 44.2 Å². The van der Waals surface area contributed by atoms with E-state index in [0.29, 0.717) is 6.42 Å². The average Bonchev–Trinajstić information content (AvgIpc) is 2.48. The normalized spacial score (nSPS) is 14.6. The van der Waals surface area contributed by atoms with Gasteiger partial charge in [-0.3, -0.25) is 0 Å². The van der Waals surface area contributed by atoms with Crippen LogP contribution in [-0.2, 0) is 15.6 Å². The third-order valence-corrected chi connectivity index (χ3v) is 5.74. The van der Waals surface area contributed by atoms with Crippen molar-refractivity contribution in [1.82, 2.24) is 4.72 Å². The van der Waals surface area contributed by atoms with Gasteiger partial charge in [0.15, 0.2) is 0 Å². The molecule has 0 heterocycles. The van der Waals surface area contributed by atoms with Crippen molar-refractivity contribution >= 4 is 26.0 Å². The number of benzene rings is 2. The monoisotopic (exact) mass is 367 g/mol. The lowest BCUT2D eigenvalue weighted by molar-refractivity contribution is 0.417. The van der Waals surface area contributed by atoms with Crippen molar-refractivity contribution in [2.24, 2.45) is 0 Å². The third-order valence-electron chi connectivity index (χ3n) is 3.60. The molecule has 1 unspecified atom stereocenters. The lowest BCUT2D eigenvalue weighted by atomic mass is 9.91. The summed E-state index contributed by atoms with van der Waals surface area (Å²) in [5, 5.41) is 0. The molecule has 0 aliphatic carbocycles. The topological polar surface area (TPSA) is 46.2 Å². The Morgan fingerprint density at radius 3 is 2.14 bits per heavy atom. The quantitative estimate of drug-likeness (QED) is 0.865. The zero-order chi connectivity index (χ0) is 15.5. The Morgan fingerprint density at radius 2 is 1.62 bits per heavy atom. The van der Waals surface area contributed by atoms with Crippen molar-refractivity contribution in [2.45, 2.75) is 30.7 Å². The molecule has 0 aliphatic heterocycles. The van der Waals surface area contributed by atoms with Gasteiger partial charge >= 0.3 is 0 Å². The van der Waals surface area contributed by atoms with Gasteiger partial charge in [-0.25, -0.2) is 13.1 Å². The van der Waals surface area contributed by atoms with Gasteiger partial charge in [0.1, 0.15) is 0 Å². The molecule has 0 spiro atoms. The van der Waals surface area contributed by atoms with Crippen LogP contribution in [0.25, 0.3) is 0 Å². The summed E-state index contributed by atoms with van der Waals surface area (Å²) in [4.78, 5) is 0.265. The van der Waals surface area contributed by atoms with Gasteiger partial charge in [0.25, 0.3) is 0 Å². The van der Waals surface area contributed by atoms with Crippen LogP contribution < -0.4 is 4.72 Å². The van der Waals surface area contributed by atoms with Gasteiger partial charge in [-0.1, -0.05) is 53.2 Å². The van der Waals surface area contributed by atoms with Gasteiger partial charge in [-0.2, -0.15) is 0 Å². The lowest BCUT2D eigenvalue weighted by Gasteiger charge is -2.30. The van der Waals surface area contributed by atoms with Gasteiger partial charge < -0.3 is 0 Å². The van der Waals surface area contributed by atoms with Crippen LogP contribution in [0.3, 0.4) is 0 Å². The third kappa shape index (κ3) is 3.73. The van der Waals surface area contributed by atoms with E-state index >= 15 is 0 Å². The highest BCUT2D eigenvalue weighted by Crippen LogP contribution is 2.27. The Hall–Kier alpha value is -1.17. The SMILES string of the molecule is CCC(C)(NS(=O)(=O)c1ccc(Br)cc1)c1ccccc1. The van der Waals surface area contributed by atoms with Crippen LogP contribution in [0.2, 0.25) is 0 Å². The first kappa shape index (κ1) is 16.2. The summed E-state index contributed by atoms with van der Waals surface area (Å²) in [6.07, 6.45) is 0.659. The van der Waals surface area contributed by atoms with Gasteiger partial charge in [0.05, 0.1) is 10.4 Å². The first-order chi connectivity index (χ1) is 9.87. The van der Waals surface area contributed by atoms with Crippen molar-refractivity contribution in [1.29, 1.82) is 0 Å². The first-order valence-corrected chi connectivity index (χ1v) is 9.00. The summed E-state index contributed by atoms with van der Waals surface area (Å²) in [6, 6.07) is 16.3. The molecule has 0 aromatic heterocycles. The molecule has 0 saturated heterocycles. The molecule has 2 aromatic carbocycles. The number of sulfonamides is 1. The summed E-state index contributed by atoms with van der Waals surface area (Å²) in [7, 11) is -3.57. The number of halogens is 1.